The molecular formula is C20H38O4. The highest BCUT2D eigenvalue weighted by atomic mass is 16.4. The summed E-state index contributed by atoms with van der Waals surface area (Å²) in [5, 5.41) is 17.3. The molecule has 142 valence electrons. The first-order chi connectivity index (χ1) is 11.6. The fourth-order valence-corrected chi connectivity index (χ4v) is 3.18. The average Bonchev–Trinajstić information content (AvgIpc) is 2.54. The van der Waals surface area contributed by atoms with Crippen LogP contribution < -0.4 is 0 Å². The van der Waals surface area contributed by atoms with Crippen LogP contribution in [0.3, 0.4) is 0 Å². The van der Waals surface area contributed by atoms with E-state index in [1.54, 1.807) is 0 Å². The van der Waals surface area contributed by atoms with Crippen molar-refractivity contribution in [2.75, 3.05) is 0 Å². The lowest BCUT2D eigenvalue weighted by atomic mass is 9.93. The van der Waals surface area contributed by atoms with Crippen LogP contribution in [0.5, 0.6) is 0 Å². The van der Waals surface area contributed by atoms with Crippen LogP contribution in [-0.4, -0.2) is 22.2 Å². The van der Waals surface area contributed by atoms with Crippen molar-refractivity contribution in [2.45, 2.75) is 110 Å². The summed E-state index contributed by atoms with van der Waals surface area (Å²) in [6, 6.07) is 0. The van der Waals surface area contributed by atoms with Gasteiger partial charge in [-0.15, -0.1) is 0 Å². The van der Waals surface area contributed by atoms with Gasteiger partial charge in [-0.2, -0.15) is 0 Å². The molecule has 2 N–H and O–H groups in total. The van der Waals surface area contributed by atoms with Crippen molar-refractivity contribution in [1.29, 1.82) is 0 Å². The third kappa shape index (κ3) is 17.3. The van der Waals surface area contributed by atoms with E-state index in [4.69, 9.17) is 10.2 Å². The lowest BCUT2D eigenvalue weighted by molar-refractivity contribution is -0.138. The van der Waals surface area contributed by atoms with Crippen molar-refractivity contribution in [3.8, 4) is 0 Å². The minimum atomic E-state index is -0.679. The van der Waals surface area contributed by atoms with Crippen LogP contribution in [0.2, 0.25) is 0 Å². The largest absolute Gasteiger partial charge is 0.481 e. The summed E-state index contributed by atoms with van der Waals surface area (Å²) in [5.41, 5.74) is 0. The van der Waals surface area contributed by atoms with E-state index in [0.717, 1.165) is 25.7 Å². The first-order valence-corrected chi connectivity index (χ1v) is 9.99. The molecule has 4 heteroatoms. The minimum Gasteiger partial charge on any atom is -0.481 e. The zero-order valence-corrected chi connectivity index (χ0v) is 15.6. The van der Waals surface area contributed by atoms with Gasteiger partial charge in [-0.05, 0) is 18.8 Å². The van der Waals surface area contributed by atoms with Gasteiger partial charge in [0.25, 0.3) is 0 Å². The summed E-state index contributed by atoms with van der Waals surface area (Å²) < 4.78 is 0. The highest BCUT2D eigenvalue weighted by molar-refractivity contribution is 5.66. The zero-order valence-electron chi connectivity index (χ0n) is 15.6. The van der Waals surface area contributed by atoms with Crippen LogP contribution in [-0.2, 0) is 9.59 Å². The number of rotatable bonds is 18. The minimum absolute atomic E-state index is 0.314. The maximum Gasteiger partial charge on any atom is 0.303 e. The van der Waals surface area contributed by atoms with E-state index in [1.807, 2.05) is 0 Å². The van der Waals surface area contributed by atoms with E-state index in [9.17, 15) is 9.59 Å². The molecule has 4 nitrogen and oxygen atoms in total. The van der Waals surface area contributed by atoms with Crippen LogP contribution in [0.1, 0.15) is 110 Å². The van der Waals surface area contributed by atoms with Crippen molar-refractivity contribution >= 4 is 11.9 Å². The number of carboxylic acids is 2. The summed E-state index contributed by atoms with van der Waals surface area (Å²) in [6.45, 7) is 2.16. The molecule has 0 aliphatic heterocycles. The highest BCUT2D eigenvalue weighted by Crippen LogP contribution is 2.20. The number of unbranched alkanes of at least 4 members (excludes halogenated alkanes) is 10. The van der Waals surface area contributed by atoms with Crippen LogP contribution >= 0.6 is 0 Å². The van der Waals surface area contributed by atoms with Crippen molar-refractivity contribution in [2.24, 2.45) is 5.92 Å². The van der Waals surface area contributed by atoms with Gasteiger partial charge in [-0.3, -0.25) is 9.59 Å². The number of hydrogen-bond acceptors (Lipinski definition) is 2. The Balaban J connectivity index is 3.24. The number of aliphatic carboxylic acids is 2. The van der Waals surface area contributed by atoms with E-state index >= 15 is 0 Å². The second-order valence-electron chi connectivity index (χ2n) is 7.03. The van der Waals surface area contributed by atoms with Gasteiger partial charge < -0.3 is 10.2 Å². The Bertz CT molecular complexity index is 315. The molecule has 1 atom stereocenters. The Morgan fingerprint density at radius 2 is 1.04 bits per heavy atom. The molecule has 0 spiro atoms. The molecule has 24 heavy (non-hydrogen) atoms. The molecule has 0 bridgehead atoms. The third-order valence-corrected chi connectivity index (χ3v) is 4.85. The number of carbonyl (C=O) groups is 2. The molecule has 0 aromatic rings. The first kappa shape index (κ1) is 22.9. The third-order valence-electron chi connectivity index (χ3n) is 4.85. The molecule has 0 aliphatic rings. The summed E-state index contributed by atoms with van der Waals surface area (Å²) in [7, 11) is 0. The topological polar surface area (TPSA) is 74.6 Å². The van der Waals surface area contributed by atoms with Crippen LogP contribution in [0.15, 0.2) is 0 Å². The van der Waals surface area contributed by atoms with Crippen molar-refractivity contribution in [1.82, 2.24) is 0 Å². The molecule has 0 aliphatic carbocycles. The van der Waals surface area contributed by atoms with Gasteiger partial charge in [0.1, 0.15) is 0 Å². The number of carboxylic acid groups (broad SMARTS) is 2. The molecule has 0 aromatic carbocycles. The van der Waals surface area contributed by atoms with Gasteiger partial charge in [-0.1, -0.05) is 84.0 Å². The molecule has 0 aromatic heterocycles. The van der Waals surface area contributed by atoms with E-state index in [-0.39, 0.29) is 0 Å². The molecule has 0 fully saturated rings. The standard InChI is InChI=1S/C20H38O4/c1-2-18(16-17-20(23)24)14-12-10-8-6-4-3-5-7-9-11-13-15-19(21)22/h18H,2-17H2,1H3,(H,21,22)(H,23,24). The van der Waals surface area contributed by atoms with Crippen molar-refractivity contribution in [3.05, 3.63) is 0 Å². The molecule has 0 radical (unpaired) electrons. The van der Waals surface area contributed by atoms with Crippen LogP contribution in [0.25, 0.3) is 0 Å². The Labute approximate surface area is 148 Å². The van der Waals surface area contributed by atoms with Gasteiger partial charge in [-0.25, -0.2) is 0 Å². The molecule has 0 heterocycles. The SMILES string of the molecule is CCC(CCCCCCCCCCCCCC(=O)O)CCC(=O)O. The summed E-state index contributed by atoms with van der Waals surface area (Å²) in [5.74, 6) is -0.764. The predicted molar refractivity (Wildman–Crippen MR) is 98.3 cm³/mol. The monoisotopic (exact) mass is 342 g/mol. The average molecular weight is 343 g/mol. The fourth-order valence-electron chi connectivity index (χ4n) is 3.18. The Morgan fingerprint density at radius 3 is 1.46 bits per heavy atom. The van der Waals surface area contributed by atoms with Crippen molar-refractivity contribution < 1.29 is 19.8 Å². The van der Waals surface area contributed by atoms with Crippen LogP contribution in [0, 0.1) is 5.92 Å². The van der Waals surface area contributed by atoms with Gasteiger partial charge in [0, 0.05) is 12.8 Å². The quantitative estimate of drug-likeness (QED) is 0.298. The van der Waals surface area contributed by atoms with E-state index in [1.165, 1.54) is 64.2 Å². The molecule has 0 saturated carbocycles. The summed E-state index contributed by atoms with van der Waals surface area (Å²) >= 11 is 0. The van der Waals surface area contributed by atoms with Gasteiger partial charge in [0.05, 0.1) is 0 Å². The van der Waals surface area contributed by atoms with Crippen LogP contribution in [0.4, 0.5) is 0 Å². The zero-order chi connectivity index (χ0) is 18.0. The smallest absolute Gasteiger partial charge is 0.303 e. The molecule has 1 unspecified atom stereocenters. The lowest BCUT2D eigenvalue weighted by Gasteiger charge is -2.13. The molecule has 0 saturated heterocycles. The Hall–Kier alpha value is -1.06. The Kier molecular flexibility index (Phi) is 16.0. The molecule has 0 rings (SSSR count). The maximum absolute atomic E-state index is 10.6. The molecule has 0 amide bonds. The second kappa shape index (κ2) is 16.8. The first-order valence-electron chi connectivity index (χ1n) is 9.99. The van der Waals surface area contributed by atoms with Gasteiger partial charge in [0.15, 0.2) is 0 Å². The number of hydrogen-bond donors (Lipinski definition) is 2. The van der Waals surface area contributed by atoms with Gasteiger partial charge in [0.2, 0.25) is 0 Å². The predicted octanol–water partition coefficient (Wildman–Crippen LogP) is 6.03. The highest BCUT2D eigenvalue weighted by Gasteiger charge is 2.08. The van der Waals surface area contributed by atoms with Crippen molar-refractivity contribution in [3.63, 3.8) is 0 Å². The van der Waals surface area contributed by atoms with E-state index in [0.29, 0.717) is 18.8 Å². The van der Waals surface area contributed by atoms with E-state index in [2.05, 4.69) is 6.92 Å². The fraction of sp³-hybridized carbons (Fsp3) is 0.900. The maximum atomic E-state index is 10.6. The second-order valence-corrected chi connectivity index (χ2v) is 7.03. The van der Waals surface area contributed by atoms with Gasteiger partial charge >= 0.3 is 11.9 Å². The lowest BCUT2D eigenvalue weighted by Crippen LogP contribution is -2.03. The normalized spacial score (nSPS) is 12.2. The Morgan fingerprint density at radius 1 is 0.625 bits per heavy atom. The summed E-state index contributed by atoms with van der Waals surface area (Å²) in [4.78, 5) is 21.0. The molecular weight excluding hydrogens is 304 g/mol. The summed E-state index contributed by atoms with van der Waals surface area (Å²) in [6.07, 6.45) is 17.0. The van der Waals surface area contributed by atoms with E-state index < -0.39 is 11.9 Å².